The fourth-order valence-electron chi connectivity index (χ4n) is 2.90. The summed E-state index contributed by atoms with van der Waals surface area (Å²) < 4.78 is 10.1. The second kappa shape index (κ2) is 8.34. The van der Waals surface area contributed by atoms with E-state index in [1.54, 1.807) is 29.7 Å². The van der Waals surface area contributed by atoms with E-state index in [0.29, 0.717) is 48.1 Å². The molecule has 2 aromatic rings. The van der Waals surface area contributed by atoms with Crippen LogP contribution in [-0.2, 0) is 20.7 Å². The molecule has 3 heterocycles. The molecule has 0 radical (unpaired) electrons. The molecule has 3 rings (SSSR count). The molecule has 1 aliphatic rings. The van der Waals surface area contributed by atoms with E-state index in [1.807, 2.05) is 11.4 Å². The number of amides is 2. The highest BCUT2D eigenvalue weighted by molar-refractivity contribution is 7.12. The molecule has 144 valence electrons. The minimum Gasteiger partial charge on any atom is -0.455 e. The average Bonchev–Trinajstić information content (AvgIpc) is 3.32. The number of nitrogens with zero attached hydrogens (tertiary/aromatic N) is 3. The minimum atomic E-state index is -0.496. The third kappa shape index (κ3) is 4.54. The van der Waals surface area contributed by atoms with E-state index in [4.69, 9.17) is 9.26 Å². The number of esters is 1. The van der Waals surface area contributed by atoms with Gasteiger partial charge in [0.1, 0.15) is 5.76 Å². The molecule has 0 saturated carbocycles. The molecule has 2 aromatic heterocycles. The van der Waals surface area contributed by atoms with Crippen molar-refractivity contribution in [1.29, 1.82) is 0 Å². The molecule has 8 nitrogen and oxygen atoms in total. The van der Waals surface area contributed by atoms with Crippen molar-refractivity contribution in [3.8, 4) is 0 Å². The van der Waals surface area contributed by atoms with Gasteiger partial charge in [0.15, 0.2) is 6.61 Å². The van der Waals surface area contributed by atoms with Gasteiger partial charge in [0, 0.05) is 31.7 Å². The van der Waals surface area contributed by atoms with E-state index >= 15 is 0 Å². The lowest BCUT2D eigenvalue weighted by Gasteiger charge is -2.34. The first-order valence-corrected chi connectivity index (χ1v) is 9.51. The van der Waals surface area contributed by atoms with Crippen molar-refractivity contribution in [2.45, 2.75) is 20.3 Å². The lowest BCUT2D eigenvalue weighted by atomic mass is 10.1. The fourth-order valence-corrected chi connectivity index (χ4v) is 3.59. The van der Waals surface area contributed by atoms with Crippen molar-refractivity contribution < 1.29 is 23.6 Å². The molecule has 1 fully saturated rings. The summed E-state index contributed by atoms with van der Waals surface area (Å²) in [5, 5.41) is 5.65. The second-order valence-corrected chi connectivity index (χ2v) is 7.24. The second-order valence-electron chi connectivity index (χ2n) is 6.29. The molecule has 9 heteroatoms. The maximum atomic E-state index is 12.3. The van der Waals surface area contributed by atoms with Gasteiger partial charge >= 0.3 is 5.97 Å². The Morgan fingerprint density at radius 2 is 1.89 bits per heavy atom. The topological polar surface area (TPSA) is 92.9 Å². The number of rotatable bonds is 5. The maximum Gasteiger partial charge on any atom is 0.310 e. The molecule has 27 heavy (non-hydrogen) atoms. The van der Waals surface area contributed by atoms with E-state index in [0.717, 1.165) is 0 Å². The van der Waals surface area contributed by atoms with Gasteiger partial charge in [-0.15, -0.1) is 11.3 Å². The van der Waals surface area contributed by atoms with Crippen molar-refractivity contribution in [1.82, 2.24) is 15.0 Å². The van der Waals surface area contributed by atoms with Crippen LogP contribution in [-0.4, -0.2) is 65.5 Å². The van der Waals surface area contributed by atoms with Gasteiger partial charge in [-0.1, -0.05) is 11.2 Å². The summed E-state index contributed by atoms with van der Waals surface area (Å²) in [4.78, 5) is 40.6. The van der Waals surface area contributed by atoms with Crippen LogP contribution in [0.3, 0.4) is 0 Å². The molecule has 0 aliphatic carbocycles. The van der Waals surface area contributed by atoms with Gasteiger partial charge in [0.25, 0.3) is 11.8 Å². The Hall–Kier alpha value is -2.68. The number of carbonyl (C=O) groups is 3. The zero-order valence-electron chi connectivity index (χ0n) is 15.3. The summed E-state index contributed by atoms with van der Waals surface area (Å²) in [5.41, 5.74) is 1.33. The van der Waals surface area contributed by atoms with E-state index in [2.05, 4.69) is 5.16 Å². The number of piperazine rings is 1. The third-order valence-corrected chi connectivity index (χ3v) is 5.37. The van der Waals surface area contributed by atoms with Crippen LogP contribution >= 0.6 is 11.3 Å². The predicted octanol–water partition coefficient (Wildman–Crippen LogP) is 1.42. The Kier molecular flexibility index (Phi) is 5.90. The summed E-state index contributed by atoms with van der Waals surface area (Å²) in [6, 6.07) is 3.64. The Balaban J connectivity index is 1.43. The van der Waals surface area contributed by atoms with Crippen molar-refractivity contribution in [2.24, 2.45) is 0 Å². The highest BCUT2D eigenvalue weighted by Crippen LogP contribution is 2.15. The van der Waals surface area contributed by atoms with Gasteiger partial charge in [0.2, 0.25) is 0 Å². The molecule has 1 saturated heterocycles. The smallest absolute Gasteiger partial charge is 0.310 e. The van der Waals surface area contributed by atoms with Crippen LogP contribution < -0.4 is 0 Å². The third-order valence-electron chi connectivity index (χ3n) is 4.51. The number of hydrogen-bond donors (Lipinski definition) is 0. The molecule has 0 spiro atoms. The van der Waals surface area contributed by atoms with Crippen LogP contribution in [0.15, 0.2) is 22.0 Å². The molecular weight excluding hydrogens is 370 g/mol. The van der Waals surface area contributed by atoms with Crippen LogP contribution in [0, 0.1) is 13.8 Å². The monoisotopic (exact) mass is 391 g/mol. The van der Waals surface area contributed by atoms with Crippen molar-refractivity contribution in [3.05, 3.63) is 39.4 Å². The number of thiophene rings is 1. The fraction of sp³-hybridized carbons (Fsp3) is 0.444. The van der Waals surface area contributed by atoms with E-state index in [-0.39, 0.29) is 24.8 Å². The average molecular weight is 391 g/mol. The first kappa shape index (κ1) is 19.1. The van der Waals surface area contributed by atoms with Gasteiger partial charge < -0.3 is 19.1 Å². The van der Waals surface area contributed by atoms with E-state index < -0.39 is 5.97 Å². The number of ether oxygens (including phenoxy) is 1. The minimum absolute atomic E-state index is 0.0111. The Morgan fingerprint density at radius 3 is 2.48 bits per heavy atom. The summed E-state index contributed by atoms with van der Waals surface area (Å²) in [6.07, 6.45) is 0.0253. The zero-order chi connectivity index (χ0) is 19.4. The number of aromatic nitrogens is 1. The molecule has 2 amide bonds. The first-order chi connectivity index (χ1) is 13.0. The Bertz CT molecular complexity index is 803. The molecule has 0 unspecified atom stereocenters. The lowest BCUT2D eigenvalue weighted by molar-refractivity contribution is -0.152. The standard InChI is InChI=1S/C18H21N3O5S/c1-12-14(13(2)26-19-12)10-17(23)25-11-16(22)20-5-7-21(8-6-20)18(24)15-4-3-9-27-15/h3-4,9H,5-8,10-11H2,1-2H3. The lowest BCUT2D eigenvalue weighted by Crippen LogP contribution is -2.51. The summed E-state index contributed by atoms with van der Waals surface area (Å²) in [6.45, 7) is 4.97. The van der Waals surface area contributed by atoms with Crippen molar-refractivity contribution in [3.63, 3.8) is 0 Å². The Morgan fingerprint density at radius 1 is 1.19 bits per heavy atom. The van der Waals surface area contributed by atoms with Gasteiger partial charge in [-0.2, -0.15) is 0 Å². The highest BCUT2D eigenvalue weighted by atomic mass is 32.1. The van der Waals surface area contributed by atoms with Gasteiger partial charge in [-0.3, -0.25) is 14.4 Å². The van der Waals surface area contributed by atoms with Crippen LogP contribution in [0.4, 0.5) is 0 Å². The molecular formula is C18H21N3O5S. The maximum absolute atomic E-state index is 12.3. The number of hydrogen-bond acceptors (Lipinski definition) is 7. The summed E-state index contributed by atoms with van der Waals surface area (Å²) in [5.74, 6) is -0.195. The molecule has 0 bridgehead atoms. The zero-order valence-corrected chi connectivity index (χ0v) is 16.1. The highest BCUT2D eigenvalue weighted by Gasteiger charge is 2.26. The van der Waals surface area contributed by atoms with Gasteiger partial charge in [-0.05, 0) is 25.3 Å². The summed E-state index contributed by atoms with van der Waals surface area (Å²) in [7, 11) is 0. The Labute approximate surface area is 160 Å². The largest absolute Gasteiger partial charge is 0.455 e. The van der Waals surface area contributed by atoms with Crippen LogP contribution in [0.1, 0.15) is 26.7 Å². The number of carbonyl (C=O) groups excluding carboxylic acids is 3. The molecule has 0 N–H and O–H groups in total. The molecule has 1 aliphatic heterocycles. The number of aryl methyl sites for hydroxylation is 2. The SMILES string of the molecule is Cc1noc(C)c1CC(=O)OCC(=O)N1CCN(C(=O)c2cccs2)CC1. The van der Waals surface area contributed by atoms with Crippen LogP contribution in [0.25, 0.3) is 0 Å². The molecule has 0 aromatic carbocycles. The normalized spacial score (nSPS) is 14.3. The van der Waals surface area contributed by atoms with E-state index in [1.165, 1.54) is 11.3 Å². The van der Waals surface area contributed by atoms with Crippen LogP contribution in [0.5, 0.6) is 0 Å². The molecule has 0 atom stereocenters. The van der Waals surface area contributed by atoms with Crippen molar-refractivity contribution >= 4 is 29.1 Å². The first-order valence-electron chi connectivity index (χ1n) is 8.63. The van der Waals surface area contributed by atoms with Gasteiger partial charge in [0.05, 0.1) is 17.0 Å². The summed E-state index contributed by atoms with van der Waals surface area (Å²) >= 11 is 1.41. The van der Waals surface area contributed by atoms with E-state index in [9.17, 15) is 14.4 Å². The quantitative estimate of drug-likeness (QED) is 0.716. The predicted molar refractivity (Wildman–Crippen MR) is 97.4 cm³/mol. The van der Waals surface area contributed by atoms with Crippen molar-refractivity contribution in [2.75, 3.05) is 32.8 Å². The van der Waals surface area contributed by atoms with Gasteiger partial charge in [-0.25, -0.2) is 0 Å². The van der Waals surface area contributed by atoms with Crippen LogP contribution in [0.2, 0.25) is 0 Å².